The van der Waals surface area contributed by atoms with Gasteiger partial charge in [-0.05, 0) is 30.3 Å². The Morgan fingerprint density at radius 3 is 2.62 bits per heavy atom. The predicted molar refractivity (Wildman–Crippen MR) is 58.1 cm³/mol. The number of phenolic OH excluding ortho intramolecular Hbond substituents is 1. The van der Waals surface area contributed by atoms with Crippen molar-refractivity contribution in [2.24, 2.45) is 5.73 Å². The van der Waals surface area contributed by atoms with Gasteiger partial charge in [-0.1, -0.05) is 0 Å². The summed E-state index contributed by atoms with van der Waals surface area (Å²) in [5.41, 5.74) is 6.16. The maximum absolute atomic E-state index is 9.10. The van der Waals surface area contributed by atoms with Crippen molar-refractivity contribution in [3.8, 4) is 17.5 Å². The van der Waals surface area contributed by atoms with Crippen molar-refractivity contribution in [1.29, 1.82) is 0 Å². The molecule has 0 bridgehead atoms. The number of aromatic nitrogens is 2. The Bertz CT molecular complexity index is 471. The van der Waals surface area contributed by atoms with Crippen molar-refractivity contribution in [3.63, 3.8) is 0 Å². The second kappa shape index (κ2) is 4.59. The number of nitrogens with two attached hydrogens (primary N) is 1. The van der Waals surface area contributed by atoms with E-state index in [-0.39, 0.29) is 11.8 Å². The molecule has 0 saturated heterocycles. The van der Waals surface area contributed by atoms with Gasteiger partial charge >= 0.3 is 6.01 Å². The molecule has 1 heterocycles. The van der Waals surface area contributed by atoms with E-state index in [0.29, 0.717) is 18.0 Å². The van der Waals surface area contributed by atoms with Gasteiger partial charge in [-0.3, -0.25) is 0 Å². The van der Waals surface area contributed by atoms with Crippen molar-refractivity contribution in [2.75, 3.05) is 0 Å². The summed E-state index contributed by atoms with van der Waals surface area (Å²) in [5.74, 6) is 0.746. The van der Waals surface area contributed by atoms with E-state index < -0.39 is 0 Å². The standard InChI is InChI=1S/C11H11N3O2/c12-7-8-5-6-13-11(14-8)16-10-3-1-9(15)2-4-10/h1-6,15H,7,12H2. The van der Waals surface area contributed by atoms with E-state index in [2.05, 4.69) is 9.97 Å². The molecule has 2 rings (SSSR count). The van der Waals surface area contributed by atoms with E-state index in [1.165, 1.54) is 12.1 Å². The first-order valence-electron chi connectivity index (χ1n) is 4.77. The minimum absolute atomic E-state index is 0.184. The van der Waals surface area contributed by atoms with Crippen LogP contribution < -0.4 is 10.5 Å². The highest BCUT2D eigenvalue weighted by atomic mass is 16.5. The lowest BCUT2D eigenvalue weighted by Gasteiger charge is -2.04. The van der Waals surface area contributed by atoms with Gasteiger partial charge in [-0.2, -0.15) is 4.98 Å². The summed E-state index contributed by atoms with van der Waals surface area (Å²) < 4.78 is 5.39. The fourth-order valence-electron chi connectivity index (χ4n) is 1.16. The molecule has 82 valence electrons. The fraction of sp³-hybridized carbons (Fsp3) is 0.0909. The molecule has 16 heavy (non-hydrogen) atoms. The molecular formula is C11H11N3O2. The number of benzene rings is 1. The maximum Gasteiger partial charge on any atom is 0.322 e. The van der Waals surface area contributed by atoms with E-state index in [1.54, 1.807) is 24.4 Å². The number of nitrogens with zero attached hydrogens (tertiary/aromatic N) is 2. The van der Waals surface area contributed by atoms with Crippen molar-refractivity contribution in [1.82, 2.24) is 9.97 Å². The highest BCUT2D eigenvalue weighted by Crippen LogP contribution is 2.20. The molecule has 0 atom stereocenters. The lowest BCUT2D eigenvalue weighted by molar-refractivity contribution is 0.435. The zero-order valence-electron chi connectivity index (χ0n) is 8.50. The van der Waals surface area contributed by atoms with Gasteiger partial charge in [0.05, 0.1) is 5.69 Å². The van der Waals surface area contributed by atoms with E-state index in [1.807, 2.05) is 0 Å². The third-order valence-corrected chi connectivity index (χ3v) is 1.95. The molecule has 3 N–H and O–H groups in total. The summed E-state index contributed by atoms with van der Waals surface area (Å²) in [6.45, 7) is 0.342. The highest BCUT2D eigenvalue weighted by Gasteiger charge is 2.01. The zero-order valence-corrected chi connectivity index (χ0v) is 8.50. The van der Waals surface area contributed by atoms with Crippen LogP contribution in [-0.2, 0) is 6.54 Å². The first-order chi connectivity index (χ1) is 7.78. The predicted octanol–water partition coefficient (Wildman–Crippen LogP) is 1.43. The van der Waals surface area contributed by atoms with Crippen LogP contribution in [0.5, 0.6) is 17.5 Å². The summed E-state index contributed by atoms with van der Waals surface area (Å²) in [4.78, 5) is 8.04. The third-order valence-electron chi connectivity index (χ3n) is 1.95. The van der Waals surface area contributed by atoms with Gasteiger partial charge in [0.25, 0.3) is 0 Å². The largest absolute Gasteiger partial charge is 0.508 e. The minimum atomic E-state index is 0.184. The Kier molecular flexibility index (Phi) is 2.98. The van der Waals surface area contributed by atoms with Crippen molar-refractivity contribution >= 4 is 0 Å². The molecule has 0 spiro atoms. The summed E-state index contributed by atoms with van der Waals surface area (Å²) in [6, 6.07) is 8.30. The Hall–Kier alpha value is -2.14. The molecule has 0 saturated carbocycles. The molecule has 0 unspecified atom stereocenters. The summed E-state index contributed by atoms with van der Waals surface area (Å²) in [5, 5.41) is 9.10. The van der Waals surface area contributed by atoms with Gasteiger partial charge < -0.3 is 15.6 Å². The van der Waals surface area contributed by atoms with Crippen molar-refractivity contribution < 1.29 is 9.84 Å². The second-order valence-corrected chi connectivity index (χ2v) is 3.13. The minimum Gasteiger partial charge on any atom is -0.508 e. The van der Waals surface area contributed by atoms with Crippen molar-refractivity contribution in [3.05, 3.63) is 42.2 Å². The van der Waals surface area contributed by atoms with Crippen LogP contribution in [-0.4, -0.2) is 15.1 Å². The Labute approximate surface area is 92.5 Å². The van der Waals surface area contributed by atoms with Crippen LogP contribution in [0.25, 0.3) is 0 Å². The van der Waals surface area contributed by atoms with Gasteiger partial charge in [-0.25, -0.2) is 4.98 Å². The molecule has 2 aromatic rings. The fourth-order valence-corrected chi connectivity index (χ4v) is 1.16. The monoisotopic (exact) mass is 217 g/mol. The zero-order chi connectivity index (χ0) is 11.4. The summed E-state index contributed by atoms with van der Waals surface area (Å²) >= 11 is 0. The number of rotatable bonds is 3. The molecule has 0 amide bonds. The van der Waals surface area contributed by atoms with Crippen LogP contribution in [0.3, 0.4) is 0 Å². The van der Waals surface area contributed by atoms with Crippen LogP contribution in [0.1, 0.15) is 5.69 Å². The van der Waals surface area contributed by atoms with Crippen LogP contribution in [0.4, 0.5) is 0 Å². The molecule has 5 heteroatoms. The van der Waals surface area contributed by atoms with Crippen molar-refractivity contribution in [2.45, 2.75) is 6.54 Å². The number of phenols is 1. The first-order valence-corrected chi connectivity index (χ1v) is 4.77. The first kappa shape index (κ1) is 10.4. The van der Waals surface area contributed by atoms with E-state index in [4.69, 9.17) is 15.6 Å². The number of hydrogen-bond donors (Lipinski definition) is 2. The van der Waals surface area contributed by atoms with Crippen LogP contribution in [0, 0.1) is 0 Å². The SMILES string of the molecule is NCc1ccnc(Oc2ccc(O)cc2)n1. The van der Waals surface area contributed by atoms with Crippen LogP contribution in [0.2, 0.25) is 0 Å². The molecule has 1 aromatic carbocycles. The van der Waals surface area contributed by atoms with Gasteiger partial charge in [0.15, 0.2) is 0 Å². The molecule has 0 fully saturated rings. The molecule has 0 radical (unpaired) electrons. The van der Waals surface area contributed by atoms with E-state index >= 15 is 0 Å². The Balaban J connectivity index is 2.16. The van der Waals surface area contributed by atoms with E-state index in [9.17, 15) is 0 Å². The van der Waals surface area contributed by atoms with Crippen LogP contribution >= 0.6 is 0 Å². The quantitative estimate of drug-likeness (QED) is 0.812. The smallest absolute Gasteiger partial charge is 0.322 e. The second-order valence-electron chi connectivity index (χ2n) is 3.13. The summed E-state index contributed by atoms with van der Waals surface area (Å²) in [6.07, 6.45) is 1.59. The lowest BCUT2D eigenvalue weighted by atomic mass is 10.3. The lowest BCUT2D eigenvalue weighted by Crippen LogP contribution is -2.01. The number of hydrogen-bond acceptors (Lipinski definition) is 5. The Morgan fingerprint density at radius 1 is 1.19 bits per heavy atom. The molecule has 5 nitrogen and oxygen atoms in total. The number of ether oxygens (including phenoxy) is 1. The van der Waals surface area contributed by atoms with Gasteiger partial charge in [0, 0.05) is 12.7 Å². The topological polar surface area (TPSA) is 81.3 Å². The maximum atomic E-state index is 9.10. The van der Waals surface area contributed by atoms with Gasteiger partial charge in [0.2, 0.25) is 0 Å². The van der Waals surface area contributed by atoms with Gasteiger partial charge in [-0.15, -0.1) is 0 Å². The average Bonchev–Trinajstić information content (AvgIpc) is 2.32. The average molecular weight is 217 g/mol. The Morgan fingerprint density at radius 2 is 1.94 bits per heavy atom. The molecule has 1 aromatic heterocycles. The molecular weight excluding hydrogens is 206 g/mol. The molecule has 0 aliphatic rings. The van der Waals surface area contributed by atoms with E-state index in [0.717, 1.165) is 0 Å². The van der Waals surface area contributed by atoms with Gasteiger partial charge in [0.1, 0.15) is 11.5 Å². The third kappa shape index (κ3) is 2.46. The summed E-state index contributed by atoms with van der Waals surface area (Å²) in [7, 11) is 0. The van der Waals surface area contributed by atoms with Crippen LogP contribution in [0.15, 0.2) is 36.5 Å². The molecule has 0 aliphatic carbocycles. The number of aromatic hydroxyl groups is 1. The normalized spacial score (nSPS) is 10.1. The highest BCUT2D eigenvalue weighted by molar-refractivity contribution is 5.31. The molecule has 0 aliphatic heterocycles.